The molecule has 4 saturated heterocycles. The van der Waals surface area contributed by atoms with E-state index in [1.54, 1.807) is 27.7 Å². The molecule has 14 rings (SSSR count). The zero-order valence-corrected chi connectivity index (χ0v) is 66.2. The normalized spacial score (nSPS) is 30.1. The second-order valence-corrected chi connectivity index (χ2v) is 41.0. The van der Waals surface area contributed by atoms with Gasteiger partial charge in [0.15, 0.2) is 39.3 Å². The molecular formula is C72H80F6N14O18S4. The number of nitro groups is 2. The predicted octanol–water partition coefficient (Wildman–Crippen LogP) is 6.88. The molecule has 114 heavy (non-hydrogen) atoms. The molecule has 10 N–H and O–H groups in total. The van der Waals surface area contributed by atoms with Crippen LogP contribution in [-0.4, -0.2) is 179 Å². The quantitative estimate of drug-likeness (QED) is 0.0462. The van der Waals surface area contributed by atoms with Crippen molar-refractivity contribution in [2.75, 3.05) is 37.1 Å². The zero-order valence-electron chi connectivity index (χ0n) is 63.0. The monoisotopic (exact) mass is 1670 g/mol. The number of fused-ring (bicyclic) bond motifs is 4. The summed E-state index contributed by atoms with van der Waals surface area (Å²) in [5.41, 5.74) is 16.5. The Bertz CT molecular complexity index is 5270. The molecule has 0 saturated carbocycles. The number of nitrogens with zero attached hydrogens (tertiary/aromatic N) is 8. The number of aliphatic imine (C=N–C) groups is 4. The third kappa shape index (κ3) is 13.5. The third-order valence-corrected chi connectivity index (χ3v) is 34.6. The summed E-state index contributed by atoms with van der Waals surface area (Å²) in [5, 5.41) is 22.5. The Labute approximate surface area is 650 Å². The van der Waals surface area contributed by atoms with Gasteiger partial charge in [-0.1, -0.05) is 0 Å². The van der Waals surface area contributed by atoms with Gasteiger partial charge in [-0.15, -0.1) is 0 Å². The highest BCUT2D eigenvalue weighted by atomic mass is 32.2. The number of halogens is 6. The number of ether oxygens (including phenoxy) is 4. The van der Waals surface area contributed by atoms with Crippen molar-refractivity contribution in [1.82, 2.24) is 9.97 Å². The van der Waals surface area contributed by atoms with Gasteiger partial charge >= 0.3 is 0 Å². The molecule has 42 heteroatoms. The first-order valence-corrected chi connectivity index (χ1v) is 41.1. The molecule has 0 bridgehead atoms. The van der Waals surface area contributed by atoms with Crippen molar-refractivity contribution in [2.24, 2.45) is 42.9 Å². The van der Waals surface area contributed by atoms with Crippen molar-refractivity contribution in [2.45, 2.75) is 170 Å². The largest absolute Gasteiger partial charge is 0.386 e. The minimum Gasteiger partial charge on any atom is -0.386 e. The number of nitrogens with two attached hydrogens (primary N) is 4. The Hall–Kier alpha value is -9.98. The summed E-state index contributed by atoms with van der Waals surface area (Å²) in [6.07, 6.45) is -1.23. The number of non-ortho nitro benzene ring substituents is 2. The molecule has 6 aromatic rings. The molecule has 12 atom stereocenters. The van der Waals surface area contributed by atoms with Gasteiger partial charge in [0.2, 0.25) is 0 Å². The Morgan fingerprint density at radius 3 is 0.868 bits per heavy atom. The molecule has 612 valence electrons. The van der Waals surface area contributed by atoms with Crippen LogP contribution in [0, 0.1) is 55.1 Å². The van der Waals surface area contributed by atoms with Crippen LogP contribution in [0.5, 0.6) is 0 Å². The molecule has 10 heterocycles. The summed E-state index contributed by atoms with van der Waals surface area (Å²) >= 11 is 0. The number of nitrogens with one attached hydrogen (secondary N) is 2. The van der Waals surface area contributed by atoms with E-state index in [1.807, 2.05) is 0 Å². The minimum absolute atomic E-state index is 0.0459. The average Bonchev–Trinajstić information content (AvgIpc) is 1.46. The van der Waals surface area contributed by atoms with E-state index in [-0.39, 0.29) is 106 Å². The molecular weight excluding hydrogens is 1590 g/mol. The first kappa shape index (κ1) is 84.9. The molecule has 2 aromatic heterocycles. The number of anilines is 2. The molecule has 8 aliphatic rings. The van der Waals surface area contributed by atoms with Crippen LogP contribution in [0.2, 0.25) is 0 Å². The molecule has 0 spiro atoms. The highest BCUT2D eigenvalue weighted by Crippen LogP contribution is 2.54. The van der Waals surface area contributed by atoms with Crippen molar-refractivity contribution >= 4 is 97.3 Å². The Morgan fingerprint density at radius 2 is 0.640 bits per heavy atom. The maximum Gasteiger partial charge on any atom is 0.274 e. The van der Waals surface area contributed by atoms with Crippen molar-refractivity contribution in [1.29, 1.82) is 0 Å². The number of hydrogen-bond acceptors (Lipinski definition) is 28. The Kier molecular flexibility index (Phi) is 21.7. The van der Waals surface area contributed by atoms with Crippen LogP contribution in [0.15, 0.2) is 129 Å². The summed E-state index contributed by atoms with van der Waals surface area (Å²) in [5.74, 6) is -6.12. The van der Waals surface area contributed by atoms with Crippen LogP contribution in [0.4, 0.5) is 49.1 Å². The third-order valence-electron chi connectivity index (χ3n) is 22.3. The predicted molar refractivity (Wildman–Crippen MR) is 405 cm³/mol. The van der Waals surface area contributed by atoms with E-state index >= 15 is 8.78 Å². The Morgan fingerprint density at radius 1 is 0.404 bits per heavy atom. The summed E-state index contributed by atoms with van der Waals surface area (Å²) in [6.45, 7) is 17.0. The number of sulfone groups is 4. The lowest BCUT2D eigenvalue weighted by atomic mass is 9.86. The van der Waals surface area contributed by atoms with Gasteiger partial charge in [0.25, 0.3) is 23.2 Å². The van der Waals surface area contributed by atoms with Gasteiger partial charge in [0.1, 0.15) is 132 Å². The van der Waals surface area contributed by atoms with Gasteiger partial charge < -0.3 is 52.5 Å². The molecule has 2 amide bonds. The summed E-state index contributed by atoms with van der Waals surface area (Å²) in [7, 11) is -15.7. The molecule has 0 aliphatic carbocycles. The van der Waals surface area contributed by atoms with Crippen LogP contribution in [0.1, 0.15) is 126 Å². The smallest absolute Gasteiger partial charge is 0.274 e. The molecule has 0 radical (unpaired) electrons. The lowest BCUT2D eigenvalue weighted by Gasteiger charge is -2.42. The second kappa shape index (κ2) is 29.1. The van der Waals surface area contributed by atoms with Gasteiger partial charge in [0.05, 0.1) is 73.1 Å². The minimum atomic E-state index is -3.92. The van der Waals surface area contributed by atoms with Crippen LogP contribution in [0.3, 0.4) is 0 Å². The van der Waals surface area contributed by atoms with Gasteiger partial charge in [-0.3, -0.25) is 49.8 Å². The van der Waals surface area contributed by atoms with E-state index in [0.717, 1.165) is 73.1 Å². The molecule has 4 aromatic carbocycles. The first-order chi connectivity index (χ1) is 52.7. The van der Waals surface area contributed by atoms with E-state index in [0.29, 0.717) is 0 Å². The molecule has 32 nitrogen and oxygen atoms in total. The number of rotatable bonds is 10. The zero-order chi connectivity index (χ0) is 84.5. The van der Waals surface area contributed by atoms with Crippen molar-refractivity contribution in [3.05, 3.63) is 198 Å². The number of benzene rings is 4. The maximum absolute atomic E-state index is 15.1. The fourth-order valence-corrected chi connectivity index (χ4v) is 24.6. The molecule has 8 aliphatic heterocycles. The highest BCUT2D eigenvalue weighted by molar-refractivity contribution is 7.95. The number of amidine groups is 4. The number of hydrogen-bond donors (Lipinski definition) is 6. The van der Waals surface area contributed by atoms with Crippen LogP contribution >= 0.6 is 0 Å². The SMILES string of the molecule is C[C@@H]1OC[C@]2(c3cc(NC(=O)c4ccc(F)cn4)ccc3F)N=C(N)C(C)(C)S(=O)(=O)[C@H]12.C[C@@H]1OC[C@]2(c3cc([N+](=O)[O-])ccc3F)N=C(N)C(C)(C)S(=O)(=O)[C@H]12.C[C@H]1OC[C@]2(c3cc(NC(=O)c4ccc(F)cn4)ccc3F)N=C(N)C(C)(C)S(=O)(=O)[C@H]12.C[C@H]1OC[C@]2(c3cc([N+](=O)[O-])ccc3F)N=C(N)C(C)(C)S(=O)(=O)[C@H]12. The summed E-state index contributed by atoms with van der Waals surface area (Å²) < 4.78 is 208. The fraction of sp³-hybridized carbons (Fsp3) is 0.444. The van der Waals surface area contributed by atoms with Gasteiger partial charge in [-0.2, -0.15) is 0 Å². The van der Waals surface area contributed by atoms with Crippen LogP contribution < -0.4 is 33.6 Å². The number of carbonyl (C=O) groups excluding carboxylic acids is 2. The Balaban J connectivity index is 0.000000151. The van der Waals surface area contributed by atoms with E-state index in [9.17, 15) is 81.1 Å². The van der Waals surface area contributed by atoms with Gasteiger partial charge in [-0.25, -0.2) is 70.0 Å². The van der Waals surface area contributed by atoms with Crippen molar-refractivity contribution in [3.63, 3.8) is 0 Å². The van der Waals surface area contributed by atoms with Crippen LogP contribution in [-0.2, 0) is 80.5 Å². The first-order valence-electron chi connectivity index (χ1n) is 34.9. The fourth-order valence-electron chi connectivity index (χ4n) is 15.3. The summed E-state index contributed by atoms with van der Waals surface area (Å²) in [4.78, 5) is 70.7. The number of nitro benzene ring substituents is 2. The summed E-state index contributed by atoms with van der Waals surface area (Å²) in [6, 6.07) is 18.0. The number of pyridine rings is 2. The second-order valence-electron chi connectivity index (χ2n) is 30.5. The standard InChI is InChI=1S/2C21H22F2N4O4S.2C15H18FN3O5S/c2*1-11-17-21(10-31-11,27-19(24)20(2,3)32(17,29)30)14-8-13(5-6-15(14)23)26-18(28)16-7-4-12(22)9-25-16;2*1-8-12-15(7-24-8,18-13(17)14(2,3)25(12,22)23)10-6-9(19(20)21)4-5-11(10)16/h2*4-9,11,17H,10H2,1-3H3,(H2,24,27)(H,26,28);2*4-6,8,12H,7H2,1-3H3,(H2,17,18)/t11-,17+,21+;11-,17-,21-;8-,12+,15+;8-,12-,15-/m0101/s1. The van der Waals surface area contributed by atoms with E-state index in [2.05, 4.69) is 40.6 Å². The van der Waals surface area contributed by atoms with Crippen molar-refractivity contribution < 1.29 is 98.4 Å². The lowest BCUT2D eigenvalue weighted by molar-refractivity contribution is -0.385. The van der Waals surface area contributed by atoms with E-state index in [1.165, 1.54) is 91.8 Å². The van der Waals surface area contributed by atoms with Gasteiger partial charge in [0, 0.05) is 57.9 Å². The highest BCUT2D eigenvalue weighted by Gasteiger charge is 2.69. The molecule has 4 fully saturated rings. The van der Waals surface area contributed by atoms with Gasteiger partial charge in [-0.05, 0) is 156 Å². The number of aromatic nitrogens is 2. The number of carbonyl (C=O) groups is 2. The van der Waals surface area contributed by atoms with Crippen molar-refractivity contribution in [3.8, 4) is 0 Å². The average molecular weight is 1670 g/mol. The topological polar surface area (TPSA) is 497 Å². The maximum atomic E-state index is 15.1. The number of amides is 2. The van der Waals surface area contributed by atoms with Crippen LogP contribution in [0.25, 0.3) is 0 Å². The lowest BCUT2D eigenvalue weighted by Crippen LogP contribution is -2.61. The van der Waals surface area contributed by atoms with E-state index < -0.39 is 182 Å². The molecule has 0 unspecified atom stereocenters. The van der Waals surface area contributed by atoms with E-state index in [4.69, 9.17) is 41.9 Å².